The molecule has 7 N–H and O–H groups in total. The van der Waals surface area contributed by atoms with Crippen molar-refractivity contribution >= 4 is 48.9 Å². The minimum Gasteiger partial charge on any atom is -0.410 e. The minimum atomic E-state index is -2.87. The number of amidine groups is 2. The van der Waals surface area contributed by atoms with Gasteiger partial charge in [-0.2, -0.15) is 0 Å². The Hall–Kier alpha value is -2.25. The van der Waals surface area contributed by atoms with E-state index in [0.29, 0.717) is 5.69 Å². The van der Waals surface area contributed by atoms with Gasteiger partial charge < -0.3 is 21.0 Å². The molecule has 0 radical (unpaired) electrons. The molecule has 0 fully saturated rings. The molecule has 0 spiro atoms. The fourth-order valence-corrected chi connectivity index (χ4v) is 2.45. The van der Waals surface area contributed by atoms with Gasteiger partial charge in [-0.05, 0) is 34.1 Å². The summed E-state index contributed by atoms with van der Waals surface area (Å²) in [5.41, 5.74) is -0.0947. The molecule has 0 saturated carbocycles. The Balaban J connectivity index is 2.75. The topological polar surface area (TPSA) is 166 Å². The summed E-state index contributed by atoms with van der Waals surface area (Å²) in [5.74, 6) is -1.24. The standard InChI is InChI=1S/C12H17BrFN7O3S/c1-25(16,24)18-5-4-17-11(15)10(20-22)12(21-23)19-7-2-3-9(14)8(13)6-7/h2-3,6,22-23H,4-5H2,1H3,(H2,15,17)(H,19,21)(H2,16,18,24)/b20-10+/t25-/m0/s1. The second-order valence-electron chi connectivity index (χ2n) is 4.69. The Bertz CT molecular complexity index is 798. The molecule has 0 aliphatic carbocycles. The molecule has 10 nitrogen and oxygen atoms in total. The summed E-state index contributed by atoms with van der Waals surface area (Å²) in [4.78, 5) is 0. The van der Waals surface area contributed by atoms with E-state index in [-0.39, 0.29) is 23.4 Å². The Morgan fingerprint density at radius 3 is 2.56 bits per heavy atom. The first-order chi connectivity index (χ1) is 11.7. The summed E-state index contributed by atoms with van der Waals surface area (Å²) in [6.45, 7) is 0.215. The predicted octanol–water partition coefficient (Wildman–Crippen LogP) is 1.37. The zero-order valence-corrected chi connectivity index (χ0v) is 15.4. The lowest BCUT2D eigenvalue weighted by Crippen LogP contribution is -2.41. The molecule has 0 amide bonds. The molecule has 1 atom stereocenters. The van der Waals surface area contributed by atoms with Crippen LogP contribution in [0.4, 0.5) is 10.1 Å². The maximum Gasteiger partial charge on any atom is 0.202 e. The van der Waals surface area contributed by atoms with Crippen LogP contribution in [0.25, 0.3) is 0 Å². The first kappa shape index (κ1) is 20.8. The second-order valence-corrected chi connectivity index (χ2v) is 7.52. The zero-order valence-electron chi connectivity index (χ0n) is 13.0. The van der Waals surface area contributed by atoms with E-state index in [1.165, 1.54) is 18.4 Å². The molecular formula is C12H17BrFN7O3S. The van der Waals surface area contributed by atoms with Gasteiger partial charge in [0.15, 0.2) is 11.5 Å². The van der Waals surface area contributed by atoms with Crippen LogP contribution in [-0.4, -0.2) is 51.4 Å². The van der Waals surface area contributed by atoms with Crippen LogP contribution in [0, 0.1) is 16.0 Å². The van der Waals surface area contributed by atoms with Gasteiger partial charge >= 0.3 is 0 Å². The third-order valence-corrected chi connectivity index (χ3v) is 4.01. The third-order valence-electron chi connectivity index (χ3n) is 2.65. The number of hydrogen-bond acceptors (Lipinski definition) is 7. The Labute approximate surface area is 151 Å². The molecule has 13 heteroatoms. The summed E-state index contributed by atoms with van der Waals surface area (Å²) in [6.07, 6.45) is 1.21. The van der Waals surface area contributed by atoms with Crippen LogP contribution < -0.4 is 15.4 Å². The van der Waals surface area contributed by atoms with E-state index >= 15 is 0 Å². The summed E-state index contributed by atoms with van der Waals surface area (Å²) < 4.78 is 34.1. The van der Waals surface area contributed by atoms with Crippen LogP contribution >= 0.6 is 15.9 Å². The Morgan fingerprint density at radius 1 is 1.36 bits per heavy atom. The fourth-order valence-electron chi connectivity index (χ4n) is 1.57. The van der Waals surface area contributed by atoms with Crippen LogP contribution in [0.15, 0.2) is 33.0 Å². The molecule has 1 aromatic carbocycles. The van der Waals surface area contributed by atoms with Crippen molar-refractivity contribution in [3.8, 4) is 0 Å². The zero-order chi connectivity index (χ0) is 19.0. The number of hydrogen-bond donors (Lipinski definition) is 7. The van der Waals surface area contributed by atoms with Crippen molar-refractivity contribution in [2.75, 3.05) is 24.7 Å². The van der Waals surface area contributed by atoms with Crippen molar-refractivity contribution in [3.05, 3.63) is 28.5 Å². The molecular weight excluding hydrogens is 421 g/mol. The monoisotopic (exact) mass is 437 g/mol. The van der Waals surface area contributed by atoms with Gasteiger partial charge in [0.1, 0.15) is 15.7 Å². The molecule has 25 heavy (non-hydrogen) atoms. The van der Waals surface area contributed by atoms with E-state index in [2.05, 4.69) is 41.6 Å². The molecule has 0 aromatic heterocycles. The van der Waals surface area contributed by atoms with Gasteiger partial charge in [0.25, 0.3) is 0 Å². The highest BCUT2D eigenvalue weighted by Crippen LogP contribution is 2.20. The number of anilines is 1. The lowest BCUT2D eigenvalue weighted by atomic mass is 10.2. The average molecular weight is 438 g/mol. The van der Waals surface area contributed by atoms with Crippen LogP contribution in [0.3, 0.4) is 0 Å². The van der Waals surface area contributed by atoms with E-state index in [4.69, 9.17) is 20.6 Å². The number of halogens is 2. The Morgan fingerprint density at radius 2 is 2.04 bits per heavy atom. The smallest absolute Gasteiger partial charge is 0.202 e. The summed E-state index contributed by atoms with van der Waals surface area (Å²) in [7, 11) is -2.87. The lowest BCUT2D eigenvalue weighted by molar-refractivity contribution is 0.314. The van der Waals surface area contributed by atoms with Gasteiger partial charge in [0.2, 0.25) is 5.84 Å². The quantitative estimate of drug-likeness (QED) is 0.112. The van der Waals surface area contributed by atoms with E-state index < -0.39 is 27.3 Å². The largest absolute Gasteiger partial charge is 0.410 e. The highest BCUT2D eigenvalue weighted by molar-refractivity contribution is 9.10. The molecule has 1 aromatic rings. The number of oxime groups is 2. The van der Waals surface area contributed by atoms with E-state index in [1.54, 1.807) is 0 Å². The highest BCUT2D eigenvalue weighted by atomic mass is 79.9. The van der Waals surface area contributed by atoms with Crippen molar-refractivity contribution in [1.82, 2.24) is 10.0 Å². The van der Waals surface area contributed by atoms with Crippen LogP contribution in [0.1, 0.15) is 0 Å². The van der Waals surface area contributed by atoms with Gasteiger partial charge in [-0.15, -0.1) is 0 Å². The second kappa shape index (κ2) is 9.29. The van der Waals surface area contributed by atoms with E-state index in [1.807, 2.05) is 0 Å². The first-order valence-corrected chi connectivity index (χ1v) is 9.41. The number of benzene rings is 1. The van der Waals surface area contributed by atoms with Crippen LogP contribution in [-0.2, 0) is 9.92 Å². The summed E-state index contributed by atoms with van der Waals surface area (Å²) in [6, 6.07) is 3.88. The lowest BCUT2D eigenvalue weighted by Gasteiger charge is -2.13. The van der Waals surface area contributed by atoms with Gasteiger partial charge in [0.05, 0.1) is 4.47 Å². The molecule has 0 bridgehead atoms. The van der Waals surface area contributed by atoms with Crippen molar-refractivity contribution in [1.29, 1.82) is 10.2 Å². The normalized spacial score (nSPS) is 14.7. The Kier molecular flexibility index (Phi) is 7.73. The molecule has 0 aliphatic rings. The molecule has 0 saturated heterocycles. The average Bonchev–Trinajstić information content (AvgIpc) is 2.53. The van der Waals surface area contributed by atoms with Crippen LogP contribution in [0.2, 0.25) is 0 Å². The summed E-state index contributed by atoms with van der Waals surface area (Å²) in [5, 5.41) is 36.9. The number of rotatable bonds is 7. The molecule has 1 rings (SSSR count). The fraction of sp³-hybridized carbons (Fsp3) is 0.250. The SMILES string of the molecule is C[S@@](=N)(=O)NCCNC(=N)C(=N\O)/C(=N/O)Nc1ccc(F)c(Br)c1. The molecule has 138 valence electrons. The highest BCUT2D eigenvalue weighted by Gasteiger charge is 2.17. The predicted molar refractivity (Wildman–Crippen MR) is 96.7 cm³/mol. The van der Waals surface area contributed by atoms with Crippen molar-refractivity contribution < 1.29 is 19.0 Å². The van der Waals surface area contributed by atoms with Gasteiger partial charge in [-0.3, -0.25) is 5.41 Å². The molecule has 0 heterocycles. The summed E-state index contributed by atoms with van der Waals surface area (Å²) >= 11 is 3.00. The van der Waals surface area contributed by atoms with Gasteiger partial charge in [-0.1, -0.05) is 10.3 Å². The first-order valence-electron chi connectivity index (χ1n) is 6.65. The third kappa shape index (κ3) is 7.03. The van der Waals surface area contributed by atoms with Gasteiger partial charge in [0, 0.05) is 25.0 Å². The van der Waals surface area contributed by atoms with E-state index in [9.17, 15) is 8.60 Å². The number of nitrogens with one attached hydrogen (secondary N) is 5. The van der Waals surface area contributed by atoms with Crippen molar-refractivity contribution in [2.24, 2.45) is 10.3 Å². The van der Waals surface area contributed by atoms with Crippen molar-refractivity contribution in [3.63, 3.8) is 0 Å². The minimum absolute atomic E-state index is 0.0996. The van der Waals surface area contributed by atoms with E-state index in [0.717, 1.165) is 6.07 Å². The molecule has 0 unspecified atom stereocenters. The van der Waals surface area contributed by atoms with Crippen molar-refractivity contribution in [2.45, 2.75) is 0 Å². The molecule has 0 aliphatic heterocycles. The maximum atomic E-state index is 13.2. The number of nitrogens with zero attached hydrogens (tertiary/aromatic N) is 2. The maximum absolute atomic E-state index is 13.2. The van der Waals surface area contributed by atoms with Crippen LogP contribution in [0.5, 0.6) is 0 Å². The van der Waals surface area contributed by atoms with Gasteiger partial charge in [-0.25, -0.2) is 18.1 Å².